The fraction of sp³-hybridized carbons (Fsp3) is 0.357. The van der Waals surface area contributed by atoms with Crippen LogP contribution in [-0.2, 0) is 9.53 Å². The number of likely N-dealkylation sites (N-methyl/N-ethyl adjacent to an activating group) is 1. The molecule has 0 radical (unpaired) electrons. The van der Waals surface area contributed by atoms with Crippen molar-refractivity contribution in [1.29, 1.82) is 0 Å². The van der Waals surface area contributed by atoms with E-state index in [1.165, 1.54) is 6.08 Å². The molecule has 0 bridgehead atoms. The van der Waals surface area contributed by atoms with Gasteiger partial charge in [0.05, 0.1) is 13.7 Å². The summed E-state index contributed by atoms with van der Waals surface area (Å²) in [6.07, 6.45) is 3.22. The molecule has 4 heteroatoms. The highest BCUT2D eigenvalue weighted by atomic mass is 16.5. The Hall–Kier alpha value is -1.97. The van der Waals surface area contributed by atoms with Crippen molar-refractivity contribution >= 4 is 11.7 Å². The SMILES string of the molecule is CCOC(=O)/C=C/CN(C)c1cccc(OC)c1. The summed E-state index contributed by atoms with van der Waals surface area (Å²) in [5.41, 5.74) is 1.03. The maximum atomic E-state index is 11.1. The van der Waals surface area contributed by atoms with Crippen molar-refractivity contribution in [2.45, 2.75) is 6.92 Å². The van der Waals surface area contributed by atoms with Crippen molar-refractivity contribution in [1.82, 2.24) is 0 Å². The van der Waals surface area contributed by atoms with Crippen molar-refractivity contribution < 1.29 is 14.3 Å². The molecule has 0 amide bonds. The molecule has 1 aromatic rings. The molecule has 0 aliphatic carbocycles. The summed E-state index contributed by atoms with van der Waals surface area (Å²) < 4.78 is 9.96. The molecule has 0 fully saturated rings. The lowest BCUT2D eigenvalue weighted by molar-refractivity contribution is -0.137. The van der Waals surface area contributed by atoms with Gasteiger partial charge in [-0.25, -0.2) is 4.79 Å². The van der Waals surface area contributed by atoms with Gasteiger partial charge in [-0.2, -0.15) is 0 Å². The molecule has 98 valence electrons. The number of hydrogen-bond donors (Lipinski definition) is 0. The van der Waals surface area contributed by atoms with Crippen LogP contribution in [-0.4, -0.2) is 33.3 Å². The topological polar surface area (TPSA) is 38.8 Å². The summed E-state index contributed by atoms with van der Waals surface area (Å²) >= 11 is 0. The van der Waals surface area contributed by atoms with Gasteiger partial charge in [0.25, 0.3) is 0 Å². The maximum absolute atomic E-state index is 11.1. The molecule has 0 unspecified atom stereocenters. The van der Waals surface area contributed by atoms with Crippen molar-refractivity contribution in [3.05, 3.63) is 36.4 Å². The monoisotopic (exact) mass is 249 g/mol. The van der Waals surface area contributed by atoms with E-state index in [1.807, 2.05) is 36.2 Å². The third kappa shape index (κ3) is 4.49. The van der Waals surface area contributed by atoms with Crippen LogP contribution in [0.3, 0.4) is 0 Å². The van der Waals surface area contributed by atoms with Gasteiger partial charge in [0, 0.05) is 31.4 Å². The second-order valence-electron chi connectivity index (χ2n) is 3.74. The van der Waals surface area contributed by atoms with Crippen molar-refractivity contribution in [2.75, 3.05) is 32.2 Å². The zero-order valence-electron chi connectivity index (χ0n) is 11.1. The third-order valence-electron chi connectivity index (χ3n) is 2.41. The summed E-state index contributed by atoms with van der Waals surface area (Å²) in [4.78, 5) is 13.1. The van der Waals surface area contributed by atoms with Gasteiger partial charge >= 0.3 is 5.97 Å². The molecule has 0 aromatic heterocycles. The molecule has 0 atom stereocenters. The van der Waals surface area contributed by atoms with Crippen LogP contribution in [0.2, 0.25) is 0 Å². The Morgan fingerprint density at radius 3 is 2.89 bits per heavy atom. The largest absolute Gasteiger partial charge is 0.497 e. The summed E-state index contributed by atoms with van der Waals surface area (Å²) in [6.45, 7) is 2.81. The fourth-order valence-corrected chi connectivity index (χ4v) is 1.45. The minimum Gasteiger partial charge on any atom is -0.497 e. The van der Waals surface area contributed by atoms with Gasteiger partial charge in [-0.3, -0.25) is 0 Å². The lowest BCUT2D eigenvalue weighted by atomic mass is 10.3. The van der Waals surface area contributed by atoms with E-state index in [0.717, 1.165) is 11.4 Å². The smallest absolute Gasteiger partial charge is 0.330 e. The standard InChI is InChI=1S/C14H19NO3/c1-4-18-14(16)9-6-10-15(2)12-7-5-8-13(11-12)17-3/h5-9,11H,4,10H2,1-3H3/b9-6+. The quantitative estimate of drug-likeness (QED) is 0.572. The molecular weight excluding hydrogens is 230 g/mol. The van der Waals surface area contributed by atoms with Gasteiger partial charge in [-0.05, 0) is 19.1 Å². The normalized spacial score (nSPS) is 10.4. The highest BCUT2D eigenvalue weighted by molar-refractivity contribution is 5.81. The second-order valence-corrected chi connectivity index (χ2v) is 3.74. The molecule has 4 nitrogen and oxygen atoms in total. The number of esters is 1. The number of methoxy groups -OCH3 is 1. The van der Waals surface area contributed by atoms with E-state index in [1.54, 1.807) is 20.1 Å². The van der Waals surface area contributed by atoms with Crippen LogP contribution in [0, 0.1) is 0 Å². The van der Waals surface area contributed by atoms with Crippen LogP contribution in [0.4, 0.5) is 5.69 Å². The molecule has 0 saturated carbocycles. The summed E-state index contributed by atoms with van der Waals surface area (Å²) in [5, 5.41) is 0. The number of benzene rings is 1. The molecule has 1 aromatic carbocycles. The van der Waals surface area contributed by atoms with E-state index in [2.05, 4.69) is 0 Å². The number of rotatable bonds is 6. The highest BCUT2D eigenvalue weighted by Gasteiger charge is 2.00. The average Bonchev–Trinajstić information content (AvgIpc) is 2.39. The summed E-state index contributed by atoms with van der Waals surface area (Å²) in [7, 11) is 3.59. The van der Waals surface area contributed by atoms with Crippen molar-refractivity contribution in [3.8, 4) is 5.75 Å². The predicted molar refractivity (Wildman–Crippen MR) is 72.0 cm³/mol. The zero-order valence-corrected chi connectivity index (χ0v) is 11.1. The summed E-state index contributed by atoms with van der Waals surface area (Å²) in [5.74, 6) is 0.505. The lowest BCUT2D eigenvalue weighted by Gasteiger charge is -2.17. The van der Waals surface area contributed by atoms with Gasteiger partial charge in [0.1, 0.15) is 5.75 Å². The first-order valence-corrected chi connectivity index (χ1v) is 5.86. The van der Waals surface area contributed by atoms with Crippen LogP contribution < -0.4 is 9.64 Å². The number of carbonyl (C=O) groups is 1. The molecule has 0 saturated heterocycles. The minimum absolute atomic E-state index is 0.309. The Kier molecular flexibility index (Phi) is 5.77. The van der Waals surface area contributed by atoms with Gasteiger partial charge in [0.15, 0.2) is 0 Å². The zero-order chi connectivity index (χ0) is 13.4. The van der Waals surface area contributed by atoms with Crippen LogP contribution in [0.5, 0.6) is 5.75 Å². The van der Waals surface area contributed by atoms with Crippen LogP contribution in [0.25, 0.3) is 0 Å². The molecule has 0 N–H and O–H groups in total. The van der Waals surface area contributed by atoms with Crippen LogP contribution in [0.1, 0.15) is 6.92 Å². The van der Waals surface area contributed by atoms with Crippen molar-refractivity contribution in [3.63, 3.8) is 0 Å². The first kappa shape index (κ1) is 14.1. The Morgan fingerprint density at radius 1 is 1.44 bits per heavy atom. The average molecular weight is 249 g/mol. The van der Waals surface area contributed by atoms with E-state index in [-0.39, 0.29) is 5.97 Å². The Morgan fingerprint density at radius 2 is 2.22 bits per heavy atom. The lowest BCUT2D eigenvalue weighted by Crippen LogP contribution is -2.17. The highest BCUT2D eigenvalue weighted by Crippen LogP contribution is 2.19. The van der Waals surface area contributed by atoms with Gasteiger partial charge < -0.3 is 14.4 Å². The number of ether oxygens (including phenoxy) is 2. The van der Waals surface area contributed by atoms with E-state index in [4.69, 9.17) is 9.47 Å². The van der Waals surface area contributed by atoms with Gasteiger partial charge in [-0.15, -0.1) is 0 Å². The number of carbonyl (C=O) groups excluding carboxylic acids is 1. The Balaban J connectivity index is 2.54. The van der Waals surface area contributed by atoms with Crippen molar-refractivity contribution in [2.24, 2.45) is 0 Å². The van der Waals surface area contributed by atoms with Crippen LogP contribution >= 0.6 is 0 Å². The number of hydrogen-bond acceptors (Lipinski definition) is 4. The first-order chi connectivity index (χ1) is 8.67. The maximum Gasteiger partial charge on any atom is 0.330 e. The fourth-order valence-electron chi connectivity index (χ4n) is 1.45. The first-order valence-electron chi connectivity index (χ1n) is 5.86. The molecule has 18 heavy (non-hydrogen) atoms. The Bertz CT molecular complexity index is 415. The third-order valence-corrected chi connectivity index (χ3v) is 2.41. The van der Waals surface area contributed by atoms with E-state index < -0.39 is 0 Å². The van der Waals surface area contributed by atoms with Gasteiger partial charge in [-0.1, -0.05) is 12.1 Å². The van der Waals surface area contributed by atoms with E-state index >= 15 is 0 Å². The Labute approximate surface area is 108 Å². The second kappa shape index (κ2) is 7.37. The molecule has 1 rings (SSSR count). The molecule has 0 heterocycles. The number of anilines is 1. The molecular formula is C14H19NO3. The van der Waals surface area contributed by atoms with E-state index in [9.17, 15) is 4.79 Å². The molecule has 0 aliphatic heterocycles. The summed E-state index contributed by atoms with van der Waals surface area (Å²) in [6, 6.07) is 7.75. The molecule has 0 aliphatic rings. The van der Waals surface area contributed by atoms with Gasteiger partial charge in [0.2, 0.25) is 0 Å². The van der Waals surface area contributed by atoms with Crippen LogP contribution in [0.15, 0.2) is 36.4 Å². The predicted octanol–water partition coefficient (Wildman–Crippen LogP) is 2.25. The minimum atomic E-state index is -0.309. The number of nitrogens with zero attached hydrogens (tertiary/aromatic N) is 1. The molecule has 0 spiro atoms. The van der Waals surface area contributed by atoms with E-state index in [0.29, 0.717) is 13.2 Å².